The summed E-state index contributed by atoms with van der Waals surface area (Å²) in [6.45, 7) is 0.251. The Morgan fingerprint density at radius 1 is 1.04 bits per heavy atom. The van der Waals surface area contributed by atoms with Gasteiger partial charge in [-0.3, -0.25) is 4.40 Å². The van der Waals surface area contributed by atoms with Gasteiger partial charge < -0.3 is 14.8 Å². The molecule has 5 rings (SSSR count). The second-order valence-electron chi connectivity index (χ2n) is 5.17. The van der Waals surface area contributed by atoms with Gasteiger partial charge >= 0.3 is 0 Å². The molecule has 0 atom stereocenters. The average Bonchev–Trinajstić information content (AvgIpc) is 3.24. The summed E-state index contributed by atoms with van der Waals surface area (Å²) >= 11 is 0. The van der Waals surface area contributed by atoms with Gasteiger partial charge in [-0.1, -0.05) is 12.1 Å². The highest BCUT2D eigenvalue weighted by Crippen LogP contribution is 2.35. The summed E-state index contributed by atoms with van der Waals surface area (Å²) < 4.78 is 12.6. The zero-order chi connectivity index (χ0) is 15.2. The standard InChI is InChI=1S/C16H11N5O2/c1-2-4-12-11(3-1)19-15(16-20-17-8-21(12)16)18-10-5-6-13-14(7-10)23-9-22-13/h1-8H,9H2,(H,18,19). The van der Waals surface area contributed by atoms with Gasteiger partial charge in [0.15, 0.2) is 17.3 Å². The highest BCUT2D eigenvalue weighted by molar-refractivity contribution is 5.84. The van der Waals surface area contributed by atoms with E-state index in [1.165, 1.54) is 0 Å². The Hall–Kier alpha value is -3.35. The molecule has 112 valence electrons. The first-order valence-corrected chi connectivity index (χ1v) is 7.14. The number of aromatic nitrogens is 4. The molecule has 1 aliphatic rings. The van der Waals surface area contributed by atoms with Crippen LogP contribution in [0, 0.1) is 0 Å². The maximum absolute atomic E-state index is 5.40. The fourth-order valence-electron chi connectivity index (χ4n) is 2.70. The van der Waals surface area contributed by atoms with Crippen LogP contribution >= 0.6 is 0 Å². The zero-order valence-corrected chi connectivity index (χ0v) is 11.9. The first kappa shape index (κ1) is 12.2. The van der Waals surface area contributed by atoms with Crippen LogP contribution in [0.5, 0.6) is 11.5 Å². The van der Waals surface area contributed by atoms with Crippen molar-refractivity contribution in [2.75, 3.05) is 12.1 Å². The summed E-state index contributed by atoms with van der Waals surface area (Å²) in [7, 11) is 0. The third-order valence-corrected chi connectivity index (χ3v) is 3.77. The number of fused-ring (bicyclic) bond motifs is 4. The van der Waals surface area contributed by atoms with Gasteiger partial charge in [0.2, 0.25) is 12.4 Å². The second-order valence-corrected chi connectivity index (χ2v) is 5.17. The van der Waals surface area contributed by atoms with Gasteiger partial charge in [-0.2, -0.15) is 0 Å². The molecule has 7 heteroatoms. The van der Waals surface area contributed by atoms with Crippen LogP contribution in [0.1, 0.15) is 0 Å². The Labute approximate surface area is 130 Å². The van der Waals surface area contributed by atoms with E-state index in [0.717, 1.165) is 22.5 Å². The van der Waals surface area contributed by atoms with Gasteiger partial charge in [0.05, 0.1) is 11.0 Å². The van der Waals surface area contributed by atoms with Gasteiger partial charge in [-0.05, 0) is 24.3 Å². The van der Waals surface area contributed by atoms with E-state index < -0.39 is 0 Å². The fraction of sp³-hybridized carbons (Fsp3) is 0.0625. The van der Waals surface area contributed by atoms with Crippen molar-refractivity contribution in [1.82, 2.24) is 19.6 Å². The molecule has 23 heavy (non-hydrogen) atoms. The minimum Gasteiger partial charge on any atom is -0.454 e. The second kappa shape index (κ2) is 4.57. The van der Waals surface area contributed by atoms with Crippen LogP contribution in [0.4, 0.5) is 11.5 Å². The van der Waals surface area contributed by atoms with Crippen LogP contribution in [0.15, 0.2) is 48.8 Å². The lowest BCUT2D eigenvalue weighted by atomic mass is 10.2. The highest BCUT2D eigenvalue weighted by Gasteiger charge is 2.15. The van der Waals surface area contributed by atoms with Gasteiger partial charge in [0.1, 0.15) is 6.33 Å². The molecule has 1 N–H and O–H groups in total. The van der Waals surface area contributed by atoms with E-state index in [4.69, 9.17) is 9.47 Å². The number of para-hydroxylation sites is 2. The van der Waals surface area contributed by atoms with Gasteiger partial charge in [-0.25, -0.2) is 4.98 Å². The molecule has 0 amide bonds. The van der Waals surface area contributed by atoms with Crippen molar-refractivity contribution in [3.63, 3.8) is 0 Å². The molecular formula is C16H11N5O2. The van der Waals surface area contributed by atoms with Crippen molar-refractivity contribution < 1.29 is 9.47 Å². The summed E-state index contributed by atoms with van der Waals surface area (Å²) in [5.74, 6) is 2.10. The lowest BCUT2D eigenvalue weighted by Crippen LogP contribution is -1.99. The van der Waals surface area contributed by atoms with Crippen molar-refractivity contribution >= 4 is 28.2 Å². The summed E-state index contributed by atoms with van der Waals surface area (Å²) in [6, 6.07) is 13.5. The zero-order valence-electron chi connectivity index (χ0n) is 11.9. The van der Waals surface area contributed by atoms with E-state index >= 15 is 0 Å². The van der Waals surface area contributed by atoms with Crippen LogP contribution in [0.3, 0.4) is 0 Å². The molecule has 0 aliphatic carbocycles. The Morgan fingerprint density at radius 2 is 1.96 bits per heavy atom. The van der Waals surface area contributed by atoms with Crippen LogP contribution in [-0.2, 0) is 0 Å². The molecule has 0 spiro atoms. The smallest absolute Gasteiger partial charge is 0.231 e. The van der Waals surface area contributed by atoms with Crippen LogP contribution < -0.4 is 14.8 Å². The normalized spacial score (nSPS) is 12.9. The molecule has 0 saturated heterocycles. The lowest BCUT2D eigenvalue weighted by Gasteiger charge is -2.09. The summed E-state index contributed by atoms with van der Waals surface area (Å²) in [5.41, 5.74) is 3.34. The predicted octanol–water partition coefficient (Wildman–Crippen LogP) is 2.75. The monoisotopic (exact) mass is 305 g/mol. The van der Waals surface area contributed by atoms with Gasteiger partial charge in [0, 0.05) is 11.8 Å². The predicted molar refractivity (Wildman–Crippen MR) is 84.1 cm³/mol. The van der Waals surface area contributed by atoms with Crippen LogP contribution in [-0.4, -0.2) is 26.4 Å². The van der Waals surface area contributed by atoms with E-state index in [-0.39, 0.29) is 6.79 Å². The Morgan fingerprint density at radius 3 is 2.96 bits per heavy atom. The minimum absolute atomic E-state index is 0.251. The van der Waals surface area contributed by atoms with Crippen LogP contribution in [0.25, 0.3) is 16.7 Å². The number of benzene rings is 2. The van der Waals surface area contributed by atoms with Gasteiger partial charge in [0.25, 0.3) is 0 Å². The third kappa shape index (κ3) is 1.87. The first-order chi connectivity index (χ1) is 11.4. The van der Waals surface area contributed by atoms with Crippen LogP contribution in [0.2, 0.25) is 0 Å². The van der Waals surface area contributed by atoms with E-state index in [1.54, 1.807) is 6.33 Å². The molecule has 3 heterocycles. The quantitative estimate of drug-likeness (QED) is 0.614. The molecule has 7 nitrogen and oxygen atoms in total. The maximum atomic E-state index is 5.40. The molecule has 0 fully saturated rings. The van der Waals surface area contributed by atoms with E-state index in [1.807, 2.05) is 46.9 Å². The van der Waals surface area contributed by atoms with Crippen molar-refractivity contribution in [3.8, 4) is 11.5 Å². The topological polar surface area (TPSA) is 73.6 Å². The molecule has 0 radical (unpaired) electrons. The number of hydrogen-bond acceptors (Lipinski definition) is 6. The summed E-state index contributed by atoms with van der Waals surface area (Å²) in [4.78, 5) is 4.66. The van der Waals surface area contributed by atoms with Crippen molar-refractivity contribution in [1.29, 1.82) is 0 Å². The molecule has 2 aromatic heterocycles. The average molecular weight is 305 g/mol. The Bertz CT molecular complexity index is 1040. The molecule has 0 bridgehead atoms. The van der Waals surface area contributed by atoms with Gasteiger partial charge in [-0.15, -0.1) is 10.2 Å². The summed E-state index contributed by atoms with van der Waals surface area (Å²) in [6.07, 6.45) is 1.68. The molecule has 0 unspecified atom stereocenters. The molecular weight excluding hydrogens is 294 g/mol. The number of ether oxygens (including phenoxy) is 2. The van der Waals surface area contributed by atoms with Crippen molar-refractivity contribution in [2.24, 2.45) is 0 Å². The van der Waals surface area contributed by atoms with Crippen molar-refractivity contribution in [2.45, 2.75) is 0 Å². The van der Waals surface area contributed by atoms with E-state index in [2.05, 4.69) is 20.5 Å². The molecule has 2 aromatic carbocycles. The Kier molecular flexibility index (Phi) is 2.43. The Balaban J connectivity index is 1.65. The molecule has 4 aromatic rings. The number of nitrogens with zero attached hydrogens (tertiary/aromatic N) is 4. The van der Waals surface area contributed by atoms with E-state index in [0.29, 0.717) is 17.2 Å². The summed E-state index contributed by atoms with van der Waals surface area (Å²) in [5, 5.41) is 11.5. The maximum Gasteiger partial charge on any atom is 0.231 e. The largest absolute Gasteiger partial charge is 0.454 e. The number of anilines is 2. The molecule has 1 aliphatic heterocycles. The van der Waals surface area contributed by atoms with E-state index in [9.17, 15) is 0 Å². The number of hydrogen-bond donors (Lipinski definition) is 1. The minimum atomic E-state index is 0.251. The SMILES string of the molecule is c1ccc2c(c1)nc(Nc1ccc3c(c1)OCO3)c1nncn12. The third-order valence-electron chi connectivity index (χ3n) is 3.77. The van der Waals surface area contributed by atoms with Crippen molar-refractivity contribution in [3.05, 3.63) is 48.8 Å². The molecule has 0 saturated carbocycles. The first-order valence-electron chi connectivity index (χ1n) is 7.14. The lowest BCUT2D eigenvalue weighted by molar-refractivity contribution is 0.174. The number of nitrogens with one attached hydrogen (secondary N) is 1. The number of rotatable bonds is 2. The fourth-order valence-corrected chi connectivity index (χ4v) is 2.70. The highest BCUT2D eigenvalue weighted by atomic mass is 16.7.